The summed E-state index contributed by atoms with van der Waals surface area (Å²) in [4.78, 5) is 4.90. The van der Waals surface area contributed by atoms with Crippen molar-refractivity contribution in [3.05, 3.63) is 29.8 Å². The number of rotatable bonds is 2. The monoisotopic (exact) mass is 258 g/mol. The van der Waals surface area contributed by atoms with Gasteiger partial charge in [0.25, 0.3) is 0 Å². The van der Waals surface area contributed by atoms with Crippen LogP contribution >= 0.6 is 0 Å². The quantitative estimate of drug-likeness (QED) is 0.803. The van der Waals surface area contributed by atoms with E-state index in [-0.39, 0.29) is 0 Å². The van der Waals surface area contributed by atoms with Crippen molar-refractivity contribution in [2.24, 2.45) is 5.92 Å². The van der Waals surface area contributed by atoms with E-state index in [0.29, 0.717) is 5.41 Å². The average molecular weight is 258 g/mol. The van der Waals surface area contributed by atoms with Gasteiger partial charge in [0.1, 0.15) is 0 Å². The summed E-state index contributed by atoms with van der Waals surface area (Å²) >= 11 is 0. The Morgan fingerprint density at radius 1 is 1.16 bits per heavy atom. The molecule has 0 amide bonds. The molecule has 3 nitrogen and oxygen atoms in total. The minimum absolute atomic E-state index is 0.498. The normalized spacial score (nSPS) is 34.4. The Labute approximate surface area is 115 Å². The standard InChI is InChI=1S/C16H22N2O/c1-17-11-14-10-16(14,12-17)13-2-4-15(5-3-13)18-6-8-19-9-7-18/h2-5,14H,6-12H2,1H3. The molecule has 2 saturated heterocycles. The van der Waals surface area contributed by atoms with Crippen LogP contribution in [0.25, 0.3) is 0 Å². The van der Waals surface area contributed by atoms with Gasteiger partial charge in [-0.15, -0.1) is 0 Å². The third-order valence-corrected chi connectivity index (χ3v) is 5.13. The second kappa shape index (κ2) is 4.22. The van der Waals surface area contributed by atoms with Crippen molar-refractivity contribution in [1.82, 2.24) is 4.90 Å². The van der Waals surface area contributed by atoms with Crippen LogP contribution in [0.15, 0.2) is 24.3 Å². The fraction of sp³-hybridized carbons (Fsp3) is 0.625. The summed E-state index contributed by atoms with van der Waals surface area (Å²) in [6, 6.07) is 9.35. The maximum atomic E-state index is 5.41. The molecule has 0 radical (unpaired) electrons. The number of hydrogen-bond acceptors (Lipinski definition) is 3. The van der Waals surface area contributed by atoms with Gasteiger partial charge >= 0.3 is 0 Å². The zero-order chi connectivity index (χ0) is 12.9. The molecule has 1 aromatic rings. The predicted molar refractivity (Wildman–Crippen MR) is 76.8 cm³/mol. The van der Waals surface area contributed by atoms with Crippen molar-refractivity contribution >= 4 is 5.69 Å². The summed E-state index contributed by atoms with van der Waals surface area (Å²) in [5.41, 5.74) is 3.41. The summed E-state index contributed by atoms with van der Waals surface area (Å²) < 4.78 is 5.41. The zero-order valence-corrected chi connectivity index (χ0v) is 11.6. The first-order valence-corrected chi connectivity index (χ1v) is 7.40. The lowest BCUT2D eigenvalue weighted by Gasteiger charge is -2.29. The Hall–Kier alpha value is -1.06. The first-order valence-electron chi connectivity index (χ1n) is 7.40. The van der Waals surface area contributed by atoms with E-state index in [1.165, 1.54) is 25.2 Å². The maximum Gasteiger partial charge on any atom is 0.0642 e. The predicted octanol–water partition coefficient (Wildman–Crippen LogP) is 1.73. The van der Waals surface area contributed by atoms with Crippen molar-refractivity contribution in [3.8, 4) is 0 Å². The molecule has 0 bridgehead atoms. The molecule has 1 saturated carbocycles. The number of ether oxygens (including phenoxy) is 1. The number of likely N-dealkylation sites (tertiary alicyclic amines) is 1. The molecule has 2 atom stereocenters. The summed E-state index contributed by atoms with van der Waals surface area (Å²) in [7, 11) is 2.25. The highest BCUT2D eigenvalue weighted by molar-refractivity contribution is 5.50. The van der Waals surface area contributed by atoms with Crippen LogP contribution in [-0.4, -0.2) is 51.3 Å². The molecule has 0 aromatic heterocycles. The first kappa shape index (κ1) is 11.7. The number of hydrogen-bond donors (Lipinski definition) is 0. The van der Waals surface area contributed by atoms with Crippen LogP contribution in [0.4, 0.5) is 5.69 Å². The van der Waals surface area contributed by atoms with Gasteiger partial charge < -0.3 is 14.5 Å². The Kier molecular flexibility index (Phi) is 2.61. The Morgan fingerprint density at radius 2 is 1.89 bits per heavy atom. The summed E-state index contributed by atoms with van der Waals surface area (Å²) in [6.45, 7) is 6.29. The van der Waals surface area contributed by atoms with Crippen LogP contribution in [0.1, 0.15) is 12.0 Å². The topological polar surface area (TPSA) is 15.7 Å². The van der Waals surface area contributed by atoms with Crippen LogP contribution in [0.2, 0.25) is 0 Å². The highest BCUT2D eigenvalue weighted by Crippen LogP contribution is 2.58. The van der Waals surface area contributed by atoms with E-state index in [4.69, 9.17) is 4.74 Å². The van der Waals surface area contributed by atoms with E-state index < -0.39 is 0 Å². The van der Waals surface area contributed by atoms with Gasteiger partial charge in [0, 0.05) is 37.3 Å². The second-order valence-corrected chi connectivity index (χ2v) is 6.40. The Morgan fingerprint density at radius 3 is 2.53 bits per heavy atom. The van der Waals surface area contributed by atoms with Gasteiger partial charge in [0.15, 0.2) is 0 Å². The third kappa shape index (κ3) is 1.87. The molecular formula is C16H22N2O. The zero-order valence-electron chi connectivity index (χ0n) is 11.6. The van der Waals surface area contributed by atoms with Crippen molar-refractivity contribution in [2.45, 2.75) is 11.8 Å². The van der Waals surface area contributed by atoms with Crippen LogP contribution in [0, 0.1) is 5.92 Å². The lowest BCUT2D eigenvalue weighted by atomic mass is 9.95. The number of fused-ring (bicyclic) bond motifs is 1. The molecule has 3 aliphatic rings. The molecule has 2 heterocycles. The van der Waals surface area contributed by atoms with Crippen LogP contribution in [-0.2, 0) is 10.2 Å². The van der Waals surface area contributed by atoms with Crippen molar-refractivity contribution in [1.29, 1.82) is 0 Å². The minimum atomic E-state index is 0.498. The van der Waals surface area contributed by atoms with Gasteiger partial charge in [-0.2, -0.15) is 0 Å². The van der Waals surface area contributed by atoms with Gasteiger partial charge in [0.05, 0.1) is 13.2 Å². The molecule has 4 rings (SSSR count). The van der Waals surface area contributed by atoms with Crippen molar-refractivity contribution in [3.63, 3.8) is 0 Å². The largest absolute Gasteiger partial charge is 0.378 e. The fourth-order valence-corrected chi connectivity index (χ4v) is 4.01. The van der Waals surface area contributed by atoms with Gasteiger partial charge in [-0.1, -0.05) is 12.1 Å². The third-order valence-electron chi connectivity index (χ3n) is 5.13. The van der Waals surface area contributed by atoms with Crippen LogP contribution in [0.5, 0.6) is 0 Å². The number of piperidine rings is 1. The van der Waals surface area contributed by atoms with Gasteiger partial charge in [-0.25, -0.2) is 0 Å². The summed E-state index contributed by atoms with van der Waals surface area (Å²) in [5.74, 6) is 0.909. The smallest absolute Gasteiger partial charge is 0.0642 e. The van der Waals surface area contributed by atoms with E-state index in [1.807, 2.05) is 0 Å². The number of benzene rings is 1. The fourth-order valence-electron chi connectivity index (χ4n) is 4.01. The number of anilines is 1. The number of morpholine rings is 1. The lowest BCUT2D eigenvalue weighted by molar-refractivity contribution is 0.122. The molecule has 0 spiro atoms. The molecule has 1 aromatic carbocycles. The molecular weight excluding hydrogens is 236 g/mol. The van der Waals surface area contributed by atoms with E-state index in [2.05, 4.69) is 41.1 Å². The summed E-state index contributed by atoms with van der Waals surface area (Å²) in [6.07, 6.45) is 1.40. The molecule has 102 valence electrons. The van der Waals surface area contributed by atoms with Crippen molar-refractivity contribution in [2.75, 3.05) is 51.3 Å². The summed E-state index contributed by atoms with van der Waals surface area (Å²) in [5, 5.41) is 0. The average Bonchev–Trinajstić information content (AvgIpc) is 3.03. The SMILES string of the molecule is CN1CC2CC2(c2ccc(N3CCOCC3)cc2)C1. The van der Waals surface area contributed by atoms with Gasteiger partial charge in [-0.05, 0) is 37.1 Å². The molecule has 2 unspecified atom stereocenters. The number of likely N-dealkylation sites (N-methyl/N-ethyl adjacent to an activating group) is 1. The van der Waals surface area contributed by atoms with Crippen LogP contribution in [0.3, 0.4) is 0 Å². The van der Waals surface area contributed by atoms with E-state index >= 15 is 0 Å². The molecule has 3 fully saturated rings. The van der Waals surface area contributed by atoms with E-state index in [9.17, 15) is 0 Å². The lowest BCUT2D eigenvalue weighted by Crippen LogP contribution is -2.36. The first-order chi connectivity index (χ1) is 9.28. The number of nitrogens with zero attached hydrogens (tertiary/aromatic N) is 2. The second-order valence-electron chi connectivity index (χ2n) is 6.40. The molecule has 0 N–H and O–H groups in total. The van der Waals surface area contributed by atoms with Gasteiger partial charge in [0.2, 0.25) is 0 Å². The molecule has 1 aliphatic carbocycles. The Bertz CT molecular complexity index is 466. The van der Waals surface area contributed by atoms with E-state index in [0.717, 1.165) is 32.2 Å². The van der Waals surface area contributed by atoms with E-state index in [1.54, 1.807) is 5.56 Å². The van der Waals surface area contributed by atoms with Gasteiger partial charge in [-0.3, -0.25) is 0 Å². The molecule has 19 heavy (non-hydrogen) atoms. The Balaban J connectivity index is 1.53. The minimum Gasteiger partial charge on any atom is -0.378 e. The highest BCUT2D eigenvalue weighted by atomic mass is 16.5. The van der Waals surface area contributed by atoms with Crippen molar-refractivity contribution < 1.29 is 4.74 Å². The molecule has 2 aliphatic heterocycles. The molecule has 3 heteroatoms. The maximum absolute atomic E-state index is 5.41. The highest BCUT2D eigenvalue weighted by Gasteiger charge is 2.59. The van der Waals surface area contributed by atoms with Crippen LogP contribution < -0.4 is 4.90 Å².